The van der Waals surface area contributed by atoms with Crippen LogP contribution in [0.4, 0.5) is 5.69 Å². The van der Waals surface area contributed by atoms with Crippen LogP contribution in [0.2, 0.25) is 0 Å². The number of amides is 1. The molecule has 1 unspecified atom stereocenters. The van der Waals surface area contributed by atoms with Crippen molar-refractivity contribution in [2.75, 3.05) is 11.4 Å². The number of carbonyl (C=O) groups is 1. The molecule has 84 valence electrons. The van der Waals surface area contributed by atoms with Gasteiger partial charge < -0.3 is 10.0 Å². The van der Waals surface area contributed by atoms with Crippen LogP contribution in [0.15, 0.2) is 18.2 Å². The number of rotatable bonds is 1. The number of carbonyl (C=O) groups excluding carboxylic acids is 1. The molecule has 0 saturated carbocycles. The molecule has 0 aliphatic carbocycles. The van der Waals surface area contributed by atoms with Gasteiger partial charge in [-0.3, -0.25) is 4.79 Å². The maximum atomic E-state index is 11.7. The highest BCUT2D eigenvalue weighted by atomic mass is 16.3. The zero-order valence-corrected chi connectivity index (χ0v) is 9.05. The van der Waals surface area contributed by atoms with Crippen molar-refractivity contribution in [3.05, 3.63) is 23.8 Å². The number of phenols is 1. The van der Waals surface area contributed by atoms with Crippen LogP contribution in [0.25, 0.3) is 0 Å². The number of hydrogen-bond donors (Lipinski definition) is 1. The fraction of sp³-hybridized carbons (Fsp3) is 0.231. The lowest BCUT2D eigenvalue weighted by atomic mass is 10.1. The number of phenolic OH excluding ortho intramolecular Hbond substituents is 1. The van der Waals surface area contributed by atoms with Crippen LogP contribution in [0.3, 0.4) is 0 Å². The molecular formula is C13H10N2O2. The lowest BCUT2D eigenvalue weighted by molar-refractivity contribution is -0.117. The minimum atomic E-state index is -0.132. The van der Waals surface area contributed by atoms with Gasteiger partial charge in [-0.15, -0.1) is 12.3 Å². The quantitative estimate of drug-likeness (QED) is 0.733. The second kappa shape index (κ2) is 4.19. The van der Waals surface area contributed by atoms with Crippen molar-refractivity contribution < 1.29 is 9.90 Å². The van der Waals surface area contributed by atoms with Crippen LogP contribution in [0.5, 0.6) is 5.75 Å². The van der Waals surface area contributed by atoms with Gasteiger partial charge in [-0.1, -0.05) is 0 Å². The van der Waals surface area contributed by atoms with Crippen molar-refractivity contribution in [3.8, 4) is 24.2 Å². The van der Waals surface area contributed by atoms with Crippen molar-refractivity contribution in [3.63, 3.8) is 0 Å². The van der Waals surface area contributed by atoms with E-state index >= 15 is 0 Å². The number of hydrogen-bond acceptors (Lipinski definition) is 3. The summed E-state index contributed by atoms with van der Waals surface area (Å²) in [6, 6.07) is 6.37. The highest BCUT2D eigenvalue weighted by Crippen LogP contribution is 2.32. The van der Waals surface area contributed by atoms with Gasteiger partial charge in [0, 0.05) is 18.9 Å². The van der Waals surface area contributed by atoms with Crippen molar-refractivity contribution in [2.24, 2.45) is 5.92 Å². The van der Waals surface area contributed by atoms with Crippen LogP contribution < -0.4 is 4.90 Å². The molecule has 0 bridgehead atoms. The molecule has 1 heterocycles. The van der Waals surface area contributed by atoms with E-state index in [2.05, 4.69) is 5.92 Å². The zero-order chi connectivity index (χ0) is 12.4. The number of nitrogens with zero attached hydrogens (tertiary/aromatic N) is 2. The standard InChI is InChI=1S/C13H10N2O2/c1-2-9-6-13(17)15(8-9)11-5-10(7-14)3-4-12(11)16/h1,3-5,9,16H,6,8H2. The van der Waals surface area contributed by atoms with E-state index in [1.54, 1.807) is 0 Å². The molecule has 1 aliphatic rings. The maximum Gasteiger partial charge on any atom is 0.228 e. The van der Waals surface area contributed by atoms with Gasteiger partial charge in [0.1, 0.15) is 5.75 Å². The van der Waals surface area contributed by atoms with Gasteiger partial charge in [0.15, 0.2) is 0 Å². The minimum Gasteiger partial charge on any atom is -0.506 e. The average molecular weight is 226 g/mol. The minimum absolute atomic E-state index is 0.0185. The van der Waals surface area contributed by atoms with Crippen molar-refractivity contribution in [1.82, 2.24) is 0 Å². The van der Waals surface area contributed by atoms with Gasteiger partial charge in [0.2, 0.25) is 5.91 Å². The Morgan fingerprint density at radius 1 is 1.53 bits per heavy atom. The summed E-state index contributed by atoms with van der Waals surface area (Å²) in [7, 11) is 0. The molecule has 0 aromatic heterocycles. The monoisotopic (exact) mass is 226 g/mol. The first-order valence-corrected chi connectivity index (χ1v) is 5.15. The fourth-order valence-corrected chi connectivity index (χ4v) is 1.86. The molecule has 1 aliphatic heterocycles. The van der Waals surface area contributed by atoms with Gasteiger partial charge in [0.25, 0.3) is 0 Å². The molecule has 1 aromatic carbocycles. The average Bonchev–Trinajstić information content (AvgIpc) is 2.71. The largest absolute Gasteiger partial charge is 0.506 e. The van der Waals surface area contributed by atoms with Gasteiger partial charge in [-0.2, -0.15) is 5.26 Å². The number of aromatic hydroxyl groups is 1. The van der Waals surface area contributed by atoms with Gasteiger partial charge in [0.05, 0.1) is 17.3 Å². The Kier molecular flexibility index (Phi) is 2.72. The first-order chi connectivity index (χ1) is 8.15. The Bertz CT molecular complexity index is 552. The van der Waals surface area contributed by atoms with Gasteiger partial charge >= 0.3 is 0 Å². The van der Waals surface area contributed by atoms with Crippen LogP contribution in [0, 0.1) is 29.6 Å². The Morgan fingerprint density at radius 3 is 2.88 bits per heavy atom. The molecule has 4 nitrogen and oxygen atoms in total. The smallest absolute Gasteiger partial charge is 0.228 e. The lowest BCUT2D eigenvalue weighted by Gasteiger charge is -2.17. The molecule has 17 heavy (non-hydrogen) atoms. The third-order valence-electron chi connectivity index (χ3n) is 2.76. The predicted octanol–water partition coefficient (Wildman–Crippen LogP) is 1.25. The summed E-state index contributed by atoms with van der Waals surface area (Å²) in [6.45, 7) is 0.387. The molecule has 2 rings (SSSR count). The third kappa shape index (κ3) is 1.93. The molecule has 1 amide bonds. The van der Waals surface area contributed by atoms with Crippen LogP contribution in [0.1, 0.15) is 12.0 Å². The summed E-state index contributed by atoms with van der Waals surface area (Å²) in [6.07, 6.45) is 5.57. The molecule has 1 atom stereocenters. The van der Waals surface area contributed by atoms with E-state index in [0.717, 1.165) is 0 Å². The molecular weight excluding hydrogens is 216 g/mol. The second-order valence-electron chi connectivity index (χ2n) is 3.89. The Balaban J connectivity index is 2.39. The Hall–Kier alpha value is -2.46. The van der Waals surface area contributed by atoms with E-state index in [1.165, 1.54) is 23.1 Å². The van der Waals surface area contributed by atoms with E-state index in [-0.39, 0.29) is 24.0 Å². The van der Waals surface area contributed by atoms with E-state index in [0.29, 0.717) is 17.8 Å². The number of terminal acetylenes is 1. The molecule has 1 aromatic rings. The van der Waals surface area contributed by atoms with E-state index in [4.69, 9.17) is 11.7 Å². The topological polar surface area (TPSA) is 64.3 Å². The highest BCUT2D eigenvalue weighted by Gasteiger charge is 2.30. The number of anilines is 1. The second-order valence-corrected chi connectivity index (χ2v) is 3.89. The summed E-state index contributed by atoms with van der Waals surface area (Å²) < 4.78 is 0. The summed E-state index contributed by atoms with van der Waals surface area (Å²) in [5.41, 5.74) is 0.751. The maximum absolute atomic E-state index is 11.7. The normalized spacial score (nSPS) is 18.8. The van der Waals surface area contributed by atoms with Crippen LogP contribution >= 0.6 is 0 Å². The van der Waals surface area contributed by atoms with Crippen molar-refractivity contribution in [1.29, 1.82) is 5.26 Å². The Morgan fingerprint density at radius 2 is 2.29 bits per heavy atom. The summed E-state index contributed by atoms with van der Waals surface area (Å²) >= 11 is 0. The lowest BCUT2D eigenvalue weighted by Crippen LogP contribution is -2.24. The molecule has 1 saturated heterocycles. The number of nitriles is 1. The molecule has 1 N–H and O–H groups in total. The van der Waals surface area contributed by atoms with E-state index in [9.17, 15) is 9.90 Å². The summed E-state index contributed by atoms with van der Waals surface area (Å²) in [4.78, 5) is 13.2. The molecule has 4 heteroatoms. The first kappa shape index (κ1) is 11.0. The third-order valence-corrected chi connectivity index (χ3v) is 2.76. The van der Waals surface area contributed by atoms with Crippen LogP contribution in [-0.4, -0.2) is 17.6 Å². The molecule has 0 radical (unpaired) electrons. The van der Waals surface area contributed by atoms with Gasteiger partial charge in [-0.05, 0) is 18.2 Å². The fourth-order valence-electron chi connectivity index (χ4n) is 1.86. The summed E-state index contributed by atoms with van der Waals surface area (Å²) in [5, 5.41) is 18.5. The van der Waals surface area contributed by atoms with Crippen molar-refractivity contribution >= 4 is 11.6 Å². The molecule has 1 fully saturated rings. The first-order valence-electron chi connectivity index (χ1n) is 5.15. The van der Waals surface area contributed by atoms with E-state index in [1.807, 2.05) is 6.07 Å². The van der Waals surface area contributed by atoms with E-state index < -0.39 is 0 Å². The van der Waals surface area contributed by atoms with Gasteiger partial charge in [-0.25, -0.2) is 0 Å². The zero-order valence-electron chi connectivity index (χ0n) is 9.05. The summed E-state index contributed by atoms with van der Waals surface area (Å²) in [5.74, 6) is 2.26. The highest BCUT2D eigenvalue weighted by molar-refractivity contribution is 5.97. The SMILES string of the molecule is C#CC1CC(=O)N(c2cc(C#N)ccc2O)C1. The number of benzene rings is 1. The van der Waals surface area contributed by atoms with Crippen LogP contribution in [-0.2, 0) is 4.79 Å². The Labute approximate surface area is 99.1 Å². The molecule has 0 spiro atoms. The predicted molar refractivity (Wildman–Crippen MR) is 62.1 cm³/mol. The van der Waals surface area contributed by atoms with Crippen molar-refractivity contribution in [2.45, 2.75) is 6.42 Å².